The summed E-state index contributed by atoms with van der Waals surface area (Å²) in [5.41, 5.74) is -0.851. The zero-order valence-corrected chi connectivity index (χ0v) is 18.0. The molecular formula is C21H17ClF3N3O3S. The van der Waals surface area contributed by atoms with Crippen LogP contribution in [0.25, 0.3) is 0 Å². The molecule has 3 rings (SSSR count). The summed E-state index contributed by atoms with van der Waals surface area (Å²) in [7, 11) is -4.38. The number of carbonyl (C=O) groups excluding carboxylic acids is 1. The molecule has 0 amide bonds. The summed E-state index contributed by atoms with van der Waals surface area (Å²) in [4.78, 5) is 20.2. The maximum absolute atomic E-state index is 13.3. The molecule has 32 heavy (non-hydrogen) atoms. The molecule has 0 aliphatic heterocycles. The zero-order chi connectivity index (χ0) is 23.4. The Bertz CT molecular complexity index is 1190. The van der Waals surface area contributed by atoms with Gasteiger partial charge in [0.2, 0.25) is 0 Å². The molecule has 0 atom stereocenters. The van der Waals surface area contributed by atoms with Gasteiger partial charge in [-0.25, -0.2) is 18.4 Å². The number of rotatable bonds is 8. The summed E-state index contributed by atoms with van der Waals surface area (Å²) < 4.78 is 66.9. The van der Waals surface area contributed by atoms with Gasteiger partial charge >= 0.3 is 6.18 Å². The average Bonchev–Trinajstić information content (AvgIpc) is 2.77. The van der Waals surface area contributed by atoms with E-state index in [0.29, 0.717) is 15.9 Å². The first-order valence-corrected chi connectivity index (χ1v) is 11.1. The molecule has 6 nitrogen and oxygen atoms in total. The Balaban J connectivity index is 1.98. The number of benzene rings is 2. The highest BCUT2D eigenvalue weighted by atomic mass is 35.5. The van der Waals surface area contributed by atoms with E-state index in [9.17, 15) is 26.4 Å². The summed E-state index contributed by atoms with van der Waals surface area (Å²) in [5.74, 6) is -0.512. The van der Waals surface area contributed by atoms with Crippen LogP contribution in [0.2, 0.25) is 5.02 Å². The maximum atomic E-state index is 13.3. The van der Waals surface area contributed by atoms with E-state index in [1.165, 1.54) is 43.0 Å². The van der Waals surface area contributed by atoms with Gasteiger partial charge in [0, 0.05) is 18.8 Å². The van der Waals surface area contributed by atoms with Gasteiger partial charge in [0.1, 0.15) is 6.33 Å². The molecule has 0 saturated heterocycles. The minimum absolute atomic E-state index is 0.0647. The van der Waals surface area contributed by atoms with E-state index >= 15 is 0 Å². The van der Waals surface area contributed by atoms with E-state index in [4.69, 9.17) is 11.6 Å². The number of nitrogens with zero attached hydrogens (tertiary/aromatic N) is 3. The largest absolute Gasteiger partial charge is 0.416 e. The Morgan fingerprint density at radius 1 is 1.03 bits per heavy atom. The number of aryl methyl sites for hydroxylation is 1. The van der Waals surface area contributed by atoms with Crippen LogP contribution in [0.5, 0.6) is 0 Å². The summed E-state index contributed by atoms with van der Waals surface area (Å²) in [6, 6.07) is 9.43. The molecule has 0 saturated carbocycles. The Morgan fingerprint density at radius 3 is 2.31 bits per heavy atom. The third-order valence-electron chi connectivity index (χ3n) is 4.50. The fourth-order valence-corrected chi connectivity index (χ4v) is 4.63. The Labute approximate surface area is 187 Å². The molecule has 0 aliphatic carbocycles. The van der Waals surface area contributed by atoms with E-state index in [-0.39, 0.29) is 22.8 Å². The molecule has 0 bridgehead atoms. The molecule has 1 aromatic heterocycles. The third-order valence-corrected chi connectivity index (χ3v) is 6.59. The summed E-state index contributed by atoms with van der Waals surface area (Å²) >= 11 is 6.09. The van der Waals surface area contributed by atoms with Gasteiger partial charge in [-0.1, -0.05) is 29.8 Å². The van der Waals surface area contributed by atoms with E-state index in [2.05, 4.69) is 9.97 Å². The molecular weight excluding hydrogens is 467 g/mol. The fraction of sp³-hybridized carbons (Fsp3) is 0.190. The zero-order valence-electron chi connectivity index (χ0n) is 16.5. The normalized spacial score (nSPS) is 11.9. The van der Waals surface area contributed by atoms with Crippen LogP contribution in [0.1, 0.15) is 17.5 Å². The molecule has 11 heteroatoms. The Kier molecular flexibility index (Phi) is 7.15. The number of alkyl halides is 3. The molecule has 1 heterocycles. The molecule has 0 N–H and O–H groups in total. The number of Topliss-reactive ketones (excluding diaryl/α,β-unsaturated/α-hetero) is 1. The van der Waals surface area contributed by atoms with Crippen LogP contribution in [0.3, 0.4) is 0 Å². The van der Waals surface area contributed by atoms with Crippen molar-refractivity contribution in [3.05, 3.63) is 83.4 Å². The van der Waals surface area contributed by atoms with Crippen LogP contribution in [-0.2, 0) is 27.4 Å². The van der Waals surface area contributed by atoms with Crippen LogP contribution >= 0.6 is 11.6 Å². The predicted molar refractivity (Wildman–Crippen MR) is 113 cm³/mol. The average molecular weight is 484 g/mol. The first kappa shape index (κ1) is 23.7. The Morgan fingerprint density at radius 2 is 1.69 bits per heavy atom. The van der Waals surface area contributed by atoms with Crippen molar-refractivity contribution in [2.75, 3.05) is 10.8 Å². The van der Waals surface area contributed by atoms with Gasteiger partial charge in [-0.05, 0) is 42.3 Å². The molecule has 2 aromatic carbocycles. The minimum Gasteiger partial charge on any atom is -0.298 e. The molecule has 3 aromatic rings. The van der Waals surface area contributed by atoms with Crippen LogP contribution in [0.4, 0.5) is 18.9 Å². The van der Waals surface area contributed by atoms with Crippen molar-refractivity contribution in [2.24, 2.45) is 0 Å². The fourth-order valence-electron chi connectivity index (χ4n) is 2.88. The van der Waals surface area contributed by atoms with Gasteiger partial charge in [-0.15, -0.1) is 0 Å². The first-order valence-electron chi connectivity index (χ1n) is 9.29. The highest BCUT2D eigenvalue weighted by Gasteiger charge is 2.34. The second kappa shape index (κ2) is 9.66. The lowest BCUT2D eigenvalue weighted by Gasteiger charge is -2.25. The van der Waals surface area contributed by atoms with Gasteiger partial charge in [0.15, 0.2) is 5.78 Å². The molecule has 0 fully saturated rings. The third kappa shape index (κ3) is 5.63. The lowest BCUT2D eigenvalue weighted by molar-refractivity contribution is -0.137. The minimum atomic E-state index is -4.72. The number of hydrogen-bond acceptors (Lipinski definition) is 5. The molecule has 0 unspecified atom stereocenters. The second-order valence-electron chi connectivity index (χ2n) is 6.77. The van der Waals surface area contributed by atoms with Gasteiger partial charge in [0.05, 0.1) is 27.7 Å². The van der Waals surface area contributed by atoms with Gasteiger partial charge < -0.3 is 0 Å². The van der Waals surface area contributed by atoms with Crippen molar-refractivity contribution in [3.63, 3.8) is 0 Å². The van der Waals surface area contributed by atoms with Crippen molar-refractivity contribution in [3.8, 4) is 0 Å². The highest BCUT2D eigenvalue weighted by Crippen LogP contribution is 2.37. The van der Waals surface area contributed by atoms with Crippen molar-refractivity contribution >= 4 is 33.1 Å². The summed E-state index contributed by atoms with van der Waals surface area (Å²) in [6.45, 7) is -0.689. The van der Waals surface area contributed by atoms with Crippen molar-refractivity contribution < 1.29 is 26.4 Å². The molecule has 168 valence electrons. The van der Waals surface area contributed by atoms with Gasteiger partial charge in [-0.3, -0.25) is 9.10 Å². The van der Waals surface area contributed by atoms with Crippen molar-refractivity contribution in [2.45, 2.75) is 23.9 Å². The van der Waals surface area contributed by atoms with E-state index in [0.717, 1.165) is 12.1 Å². The van der Waals surface area contributed by atoms with Gasteiger partial charge in [0.25, 0.3) is 10.0 Å². The first-order chi connectivity index (χ1) is 15.1. The predicted octanol–water partition coefficient (Wildman–Crippen LogP) is 4.55. The SMILES string of the molecule is O=C(CCc1cncnc1)CN(c1cc(C(F)(F)F)ccc1Cl)S(=O)(=O)c1ccccc1. The number of aromatic nitrogens is 2. The van der Waals surface area contributed by atoms with Crippen molar-refractivity contribution in [1.29, 1.82) is 0 Å². The summed E-state index contributed by atoms with van der Waals surface area (Å²) in [6.07, 6.45) is -0.182. The number of halogens is 4. The summed E-state index contributed by atoms with van der Waals surface area (Å²) in [5, 5.41) is -0.234. The molecule has 0 aliphatic rings. The van der Waals surface area contributed by atoms with Crippen molar-refractivity contribution in [1.82, 2.24) is 9.97 Å². The smallest absolute Gasteiger partial charge is 0.298 e. The lowest BCUT2D eigenvalue weighted by atomic mass is 10.1. The van der Waals surface area contributed by atoms with E-state index in [1.807, 2.05) is 0 Å². The number of hydrogen-bond donors (Lipinski definition) is 0. The van der Waals surface area contributed by atoms with E-state index < -0.39 is 39.8 Å². The molecule has 0 radical (unpaired) electrons. The number of anilines is 1. The quantitative estimate of drug-likeness (QED) is 0.469. The second-order valence-corrected chi connectivity index (χ2v) is 9.04. The van der Waals surface area contributed by atoms with E-state index in [1.54, 1.807) is 6.07 Å². The van der Waals surface area contributed by atoms with Crippen LogP contribution in [0, 0.1) is 0 Å². The topological polar surface area (TPSA) is 80.2 Å². The molecule has 0 spiro atoms. The van der Waals surface area contributed by atoms with Crippen LogP contribution in [-0.4, -0.2) is 30.7 Å². The Hall–Kier alpha value is -2.98. The van der Waals surface area contributed by atoms with Gasteiger partial charge in [-0.2, -0.15) is 13.2 Å². The number of carbonyl (C=O) groups is 1. The maximum Gasteiger partial charge on any atom is 0.416 e. The monoisotopic (exact) mass is 483 g/mol. The van der Waals surface area contributed by atoms with Crippen LogP contribution in [0.15, 0.2) is 72.1 Å². The lowest BCUT2D eigenvalue weighted by Crippen LogP contribution is -2.36. The van der Waals surface area contributed by atoms with Crippen LogP contribution < -0.4 is 4.31 Å². The highest BCUT2D eigenvalue weighted by molar-refractivity contribution is 7.92. The number of ketones is 1. The number of sulfonamides is 1. The standard InChI is InChI=1S/C21H17ClF3N3O3S/c22-19-9-7-16(21(23,24)25)10-20(19)28(32(30,31)18-4-2-1-3-5-18)13-17(29)8-6-15-11-26-14-27-12-15/h1-5,7,9-12,14H,6,8,13H2.